The standard InChI is InChI=1S/C6H9N8O2.C6H8N8O2.N3O4/c2*1-4-5(12-16-14(4)15)2-8-10-6-11-9-3-13(6)7;4-2(5)1-3(6)7/h2-3,12H,7H2,1H3,(H,10,11);2-3H,7H2,1H3,(H,10,11);/q+1;;-1/b2*8-2+;. The second-order valence-corrected chi connectivity index (χ2v) is 6.28. The molecule has 4 rings (SSSR count). The molecule has 0 spiro atoms. The van der Waals surface area contributed by atoms with Crippen molar-refractivity contribution in [3.05, 3.63) is 71.3 Å². The van der Waals surface area contributed by atoms with Crippen molar-refractivity contribution < 1.29 is 28.8 Å². The lowest BCUT2D eigenvalue weighted by Crippen LogP contribution is -2.26. The van der Waals surface area contributed by atoms with E-state index in [1.807, 2.05) is 0 Å². The van der Waals surface area contributed by atoms with Crippen LogP contribution < -0.4 is 32.0 Å². The minimum Gasteiger partial charge on any atom is -0.359 e. The molecular formula is C12H17N19O8. The average Bonchev–Trinajstić information content (AvgIpc) is 3.63. The first kappa shape index (κ1) is 28.5. The number of nitrogen functional groups attached to an aromatic ring is 2. The molecule has 0 fully saturated rings. The third-order valence-corrected chi connectivity index (χ3v) is 3.76. The zero-order valence-electron chi connectivity index (χ0n) is 19.5. The lowest BCUT2D eigenvalue weighted by molar-refractivity contribution is -0.806. The van der Waals surface area contributed by atoms with E-state index < -0.39 is 10.1 Å². The van der Waals surface area contributed by atoms with Crippen molar-refractivity contribution in [2.75, 3.05) is 22.5 Å². The molecule has 0 radical (unpaired) electrons. The molecule has 0 aliphatic carbocycles. The quantitative estimate of drug-likeness (QED) is 0.0466. The largest absolute Gasteiger partial charge is 0.359 e. The number of hydrazone groups is 2. The molecule has 0 unspecified atom stereocenters. The Morgan fingerprint density at radius 1 is 1.05 bits per heavy atom. The van der Waals surface area contributed by atoms with Crippen LogP contribution in [0.3, 0.4) is 0 Å². The van der Waals surface area contributed by atoms with Gasteiger partial charge in [0.25, 0.3) is 17.6 Å². The molecule has 4 heterocycles. The molecule has 0 atom stereocenters. The summed E-state index contributed by atoms with van der Waals surface area (Å²) in [7, 11) is 0. The van der Waals surface area contributed by atoms with Crippen molar-refractivity contribution in [1.82, 2.24) is 40.1 Å². The molecular weight excluding hydrogens is 538 g/mol. The molecule has 0 bridgehead atoms. The molecule has 0 aromatic carbocycles. The fourth-order valence-corrected chi connectivity index (χ4v) is 1.88. The SMILES string of the molecule is Cc1c(/C=N/Nc2nncn2N)[nH]o[n+]1=O.Cc1c(/C=N/Nc2nncn2N)no[n+]1[O-].O=[N+]([O-])[N-][N+](=O)[O-]. The first-order valence-corrected chi connectivity index (χ1v) is 9.55. The number of H-pyrrole nitrogens is 1. The molecule has 0 aliphatic heterocycles. The van der Waals surface area contributed by atoms with Crippen LogP contribution in [0.4, 0.5) is 11.9 Å². The maximum absolute atomic E-state index is 10.9. The number of nitrogens with zero attached hydrogens (tertiary/aromatic N) is 14. The van der Waals surface area contributed by atoms with Gasteiger partial charge in [-0.25, -0.2) is 20.2 Å². The summed E-state index contributed by atoms with van der Waals surface area (Å²) in [6, 6.07) is 0. The van der Waals surface area contributed by atoms with Crippen molar-refractivity contribution in [2.45, 2.75) is 13.8 Å². The van der Waals surface area contributed by atoms with Crippen LogP contribution in [0.2, 0.25) is 0 Å². The van der Waals surface area contributed by atoms with E-state index in [-0.39, 0.29) is 16.8 Å². The van der Waals surface area contributed by atoms with Gasteiger partial charge in [0.05, 0.1) is 0 Å². The molecule has 0 saturated heterocycles. The number of aromatic amines is 1. The Kier molecular flexibility index (Phi) is 9.81. The Balaban J connectivity index is 0.000000222. The maximum Gasteiger partial charge on any atom is 0.263 e. The number of anilines is 2. The molecule has 27 nitrogen and oxygen atoms in total. The Labute approximate surface area is 212 Å². The monoisotopic (exact) mass is 555 g/mol. The number of nitrogens with two attached hydrogens (primary N) is 2. The Morgan fingerprint density at radius 2 is 1.59 bits per heavy atom. The van der Waals surface area contributed by atoms with E-state index >= 15 is 0 Å². The summed E-state index contributed by atoms with van der Waals surface area (Å²) < 4.78 is 11.5. The van der Waals surface area contributed by atoms with Gasteiger partial charge in [0.15, 0.2) is 4.60 Å². The van der Waals surface area contributed by atoms with Crippen LogP contribution >= 0.6 is 0 Å². The summed E-state index contributed by atoms with van der Waals surface area (Å²) in [5.74, 6) is 11.4. The smallest absolute Gasteiger partial charge is 0.263 e. The predicted molar refractivity (Wildman–Crippen MR) is 121 cm³/mol. The van der Waals surface area contributed by atoms with Crippen LogP contribution in [-0.4, -0.2) is 62.6 Å². The number of hydrogen-bond donors (Lipinski definition) is 5. The number of hydrogen-bond acceptors (Lipinski definition) is 19. The van der Waals surface area contributed by atoms with Crippen LogP contribution in [0.5, 0.6) is 0 Å². The van der Waals surface area contributed by atoms with Crippen molar-refractivity contribution >= 4 is 24.3 Å². The van der Waals surface area contributed by atoms with Crippen molar-refractivity contribution in [3.8, 4) is 0 Å². The zero-order chi connectivity index (χ0) is 28.9. The van der Waals surface area contributed by atoms with Crippen molar-refractivity contribution in [3.63, 3.8) is 0 Å². The van der Waals surface area contributed by atoms with Crippen LogP contribution in [0, 0.1) is 44.2 Å². The number of rotatable bonds is 8. The summed E-state index contributed by atoms with van der Waals surface area (Å²) in [5, 5.41) is 53.9. The molecule has 0 aliphatic rings. The molecule has 208 valence electrons. The van der Waals surface area contributed by atoms with Crippen LogP contribution in [0.1, 0.15) is 22.8 Å². The van der Waals surface area contributed by atoms with Gasteiger partial charge in [0.1, 0.15) is 25.1 Å². The van der Waals surface area contributed by atoms with E-state index in [1.165, 1.54) is 25.1 Å². The van der Waals surface area contributed by atoms with E-state index in [2.05, 4.69) is 61.0 Å². The number of nitrogens with one attached hydrogen (secondary N) is 3. The highest BCUT2D eigenvalue weighted by atomic mass is 16.8. The lowest BCUT2D eigenvalue weighted by Gasteiger charge is -1.95. The van der Waals surface area contributed by atoms with Gasteiger partial charge in [0, 0.05) is 29.1 Å². The van der Waals surface area contributed by atoms with Gasteiger partial charge < -0.3 is 16.9 Å². The predicted octanol–water partition coefficient (Wildman–Crippen LogP) is -3.31. The first-order valence-electron chi connectivity index (χ1n) is 9.55. The first-order chi connectivity index (χ1) is 18.5. The van der Waals surface area contributed by atoms with Gasteiger partial charge in [-0.1, -0.05) is 9.79 Å². The van der Waals surface area contributed by atoms with Gasteiger partial charge in [-0.05, 0) is 15.3 Å². The van der Waals surface area contributed by atoms with Crippen LogP contribution in [0.15, 0.2) is 32.1 Å². The number of aromatic nitrogens is 10. The van der Waals surface area contributed by atoms with Gasteiger partial charge in [0.2, 0.25) is 17.1 Å². The molecule has 0 amide bonds. The van der Waals surface area contributed by atoms with Gasteiger partial charge in [-0.15, -0.1) is 20.4 Å². The van der Waals surface area contributed by atoms with E-state index in [9.17, 15) is 10.1 Å². The van der Waals surface area contributed by atoms with E-state index in [0.29, 0.717) is 27.4 Å². The highest BCUT2D eigenvalue weighted by molar-refractivity contribution is 5.78. The molecule has 39 heavy (non-hydrogen) atoms. The minimum absolute atomic E-state index is 0.257. The van der Waals surface area contributed by atoms with E-state index in [1.54, 1.807) is 19.4 Å². The molecule has 4 aromatic heterocycles. The maximum atomic E-state index is 10.9. The summed E-state index contributed by atoms with van der Waals surface area (Å²) in [6.45, 7) is 3.13. The highest BCUT2D eigenvalue weighted by Crippen LogP contribution is 1.98. The van der Waals surface area contributed by atoms with Crippen molar-refractivity contribution in [2.24, 2.45) is 10.2 Å². The van der Waals surface area contributed by atoms with E-state index in [4.69, 9.17) is 31.9 Å². The normalized spacial score (nSPS) is 10.4. The number of nitro groups is 2. The zero-order valence-corrected chi connectivity index (χ0v) is 19.5. The Hall–Kier alpha value is -6.70. The Morgan fingerprint density at radius 3 is 1.95 bits per heavy atom. The molecule has 0 saturated carbocycles. The highest BCUT2D eigenvalue weighted by Gasteiger charge is 2.12. The molecule has 7 N–H and O–H groups in total. The second-order valence-electron chi connectivity index (χ2n) is 6.28. The van der Waals surface area contributed by atoms with Crippen LogP contribution in [-0.2, 0) is 0 Å². The topological polar surface area (TPSA) is 367 Å². The lowest BCUT2D eigenvalue weighted by atomic mass is 10.4. The summed E-state index contributed by atoms with van der Waals surface area (Å²) in [4.78, 5) is 29.2. The molecule has 27 heteroatoms. The third-order valence-electron chi connectivity index (χ3n) is 3.76. The van der Waals surface area contributed by atoms with Gasteiger partial charge >= 0.3 is 0 Å². The third kappa shape index (κ3) is 8.79. The summed E-state index contributed by atoms with van der Waals surface area (Å²) >= 11 is 0. The fraction of sp³-hybridized carbons (Fsp3) is 0.167. The second kappa shape index (κ2) is 13.4. The summed E-state index contributed by atoms with van der Waals surface area (Å²) in [6.07, 6.45) is 5.30. The van der Waals surface area contributed by atoms with Gasteiger partial charge in [-0.2, -0.15) is 10.2 Å². The minimum atomic E-state index is -1.38. The van der Waals surface area contributed by atoms with Gasteiger partial charge in [-0.3, -0.25) is 24.9 Å². The average molecular weight is 555 g/mol. The van der Waals surface area contributed by atoms with E-state index in [0.717, 1.165) is 9.35 Å². The van der Waals surface area contributed by atoms with Crippen LogP contribution in [0.25, 0.3) is 5.53 Å². The van der Waals surface area contributed by atoms with Crippen molar-refractivity contribution in [1.29, 1.82) is 0 Å². The summed E-state index contributed by atoms with van der Waals surface area (Å²) in [5.41, 5.74) is 8.19. The Bertz CT molecular complexity index is 1480. The fourth-order valence-electron chi connectivity index (χ4n) is 1.88. The molecule has 4 aromatic rings.